The molecule has 0 aliphatic rings. The van der Waals surface area contributed by atoms with Gasteiger partial charge in [0.25, 0.3) is 5.56 Å². The minimum Gasteiger partial charge on any atom is -0.355 e. The summed E-state index contributed by atoms with van der Waals surface area (Å²) < 4.78 is 17.2. The molecule has 0 radical (unpaired) electrons. The Hall–Kier alpha value is -2.72. The van der Waals surface area contributed by atoms with Gasteiger partial charge in [-0.2, -0.15) is 0 Å². The van der Waals surface area contributed by atoms with Crippen molar-refractivity contribution in [3.05, 3.63) is 57.4 Å². The van der Waals surface area contributed by atoms with Crippen LogP contribution in [0, 0.1) is 11.7 Å². The first-order valence-corrected chi connectivity index (χ1v) is 11.8. The second-order valence-corrected chi connectivity index (χ2v) is 9.45. The van der Waals surface area contributed by atoms with E-state index in [1.807, 2.05) is 15.8 Å². The molecule has 0 aliphatic carbocycles. The zero-order valence-electron chi connectivity index (χ0n) is 17.2. The van der Waals surface area contributed by atoms with E-state index < -0.39 is 0 Å². The summed E-state index contributed by atoms with van der Waals surface area (Å²) >= 11 is 2.63. The van der Waals surface area contributed by atoms with Crippen molar-refractivity contribution in [2.75, 3.05) is 12.3 Å². The van der Waals surface area contributed by atoms with Crippen molar-refractivity contribution in [2.45, 2.75) is 32.0 Å². The quantitative estimate of drug-likeness (QED) is 0.408. The molecule has 31 heavy (non-hydrogen) atoms. The third-order valence-electron chi connectivity index (χ3n) is 4.81. The molecular weight excluding hydrogens is 437 g/mol. The molecule has 4 rings (SSSR count). The minimum absolute atomic E-state index is 0.0661. The van der Waals surface area contributed by atoms with E-state index in [-0.39, 0.29) is 29.6 Å². The normalized spacial score (nSPS) is 11.6. The maximum Gasteiger partial charge on any atom is 0.273 e. The molecule has 3 heterocycles. The summed E-state index contributed by atoms with van der Waals surface area (Å²) in [6.45, 7) is 5.11. The summed E-state index contributed by atoms with van der Waals surface area (Å²) in [7, 11) is 0. The molecule has 1 aromatic carbocycles. The monoisotopic (exact) mass is 459 g/mol. The lowest BCUT2D eigenvalue weighted by Gasteiger charge is -2.10. The van der Waals surface area contributed by atoms with Gasteiger partial charge in [-0.15, -0.1) is 21.5 Å². The second kappa shape index (κ2) is 9.19. The van der Waals surface area contributed by atoms with Crippen molar-refractivity contribution in [3.8, 4) is 0 Å². The number of nitrogens with zero attached hydrogens (tertiary/aromatic N) is 4. The average molecular weight is 460 g/mol. The van der Waals surface area contributed by atoms with E-state index in [0.717, 1.165) is 12.0 Å². The van der Waals surface area contributed by atoms with Crippen molar-refractivity contribution in [1.82, 2.24) is 24.5 Å². The molecule has 1 amide bonds. The minimum atomic E-state index is -0.331. The van der Waals surface area contributed by atoms with Gasteiger partial charge in [0.15, 0.2) is 5.16 Å². The highest BCUT2D eigenvalue weighted by Crippen LogP contribution is 2.24. The number of nitrogens with one attached hydrogen (secondary N) is 1. The fourth-order valence-corrected chi connectivity index (χ4v) is 4.78. The number of fused-ring (bicyclic) bond motifs is 3. The Morgan fingerprint density at radius 2 is 2.00 bits per heavy atom. The molecule has 0 bridgehead atoms. The predicted molar refractivity (Wildman–Crippen MR) is 121 cm³/mol. The van der Waals surface area contributed by atoms with Gasteiger partial charge in [-0.05, 0) is 41.5 Å². The van der Waals surface area contributed by atoms with Crippen LogP contribution >= 0.6 is 23.1 Å². The molecule has 162 valence electrons. The van der Waals surface area contributed by atoms with Gasteiger partial charge in [0, 0.05) is 6.54 Å². The molecule has 0 fully saturated rings. The zero-order valence-corrected chi connectivity index (χ0v) is 18.8. The number of carbonyl (C=O) groups excluding carboxylic acids is 1. The first-order chi connectivity index (χ1) is 14.9. The molecule has 1 N–H and O–H groups in total. The van der Waals surface area contributed by atoms with Gasteiger partial charge < -0.3 is 5.32 Å². The average Bonchev–Trinajstić information content (AvgIpc) is 3.37. The van der Waals surface area contributed by atoms with E-state index in [0.29, 0.717) is 33.6 Å². The van der Waals surface area contributed by atoms with Crippen LogP contribution in [0.25, 0.3) is 16.0 Å². The van der Waals surface area contributed by atoms with E-state index in [1.165, 1.54) is 39.8 Å². The Bertz CT molecular complexity index is 1280. The van der Waals surface area contributed by atoms with Gasteiger partial charge in [-0.25, -0.2) is 4.39 Å². The molecule has 0 aliphatic heterocycles. The number of hydrogen-bond acceptors (Lipinski definition) is 6. The lowest BCUT2D eigenvalue weighted by molar-refractivity contribution is -0.118. The number of thiophene rings is 1. The number of benzene rings is 1. The zero-order chi connectivity index (χ0) is 22.0. The summed E-state index contributed by atoms with van der Waals surface area (Å²) in [6.07, 6.45) is 0.926. The van der Waals surface area contributed by atoms with Crippen LogP contribution in [0.1, 0.15) is 25.8 Å². The van der Waals surface area contributed by atoms with E-state index in [9.17, 15) is 14.0 Å². The molecule has 7 nitrogen and oxygen atoms in total. The van der Waals surface area contributed by atoms with Gasteiger partial charge in [-0.1, -0.05) is 37.7 Å². The Labute approximate surface area is 186 Å². The maximum absolute atomic E-state index is 13.3. The van der Waals surface area contributed by atoms with Gasteiger partial charge in [0.1, 0.15) is 10.5 Å². The Morgan fingerprint density at radius 3 is 2.74 bits per heavy atom. The first-order valence-electron chi connectivity index (χ1n) is 9.93. The highest BCUT2D eigenvalue weighted by atomic mass is 32.2. The molecule has 0 unspecified atom stereocenters. The topological polar surface area (TPSA) is 81.3 Å². The fourth-order valence-electron chi connectivity index (χ4n) is 3.19. The van der Waals surface area contributed by atoms with Crippen LogP contribution in [0.3, 0.4) is 0 Å². The number of halogens is 1. The van der Waals surface area contributed by atoms with Gasteiger partial charge in [0.05, 0.1) is 17.8 Å². The predicted octanol–water partition coefficient (Wildman–Crippen LogP) is 3.55. The number of rotatable bonds is 8. The van der Waals surface area contributed by atoms with Crippen molar-refractivity contribution >= 4 is 45.0 Å². The number of hydrogen-bond donors (Lipinski definition) is 1. The first kappa shape index (κ1) is 21.5. The standard InChI is InChI=1S/C21H22FN5O2S2/c1-13(2)7-9-23-17(28)12-31-21-25-24-20-26(11-14-3-5-15(22)6-4-14)19(29)18-16(27(20)21)8-10-30-18/h3-6,8,10,13H,7,9,11-12H2,1-2H3,(H,23,28). The molecule has 3 aromatic heterocycles. The van der Waals surface area contributed by atoms with E-state index in [1.54, 1.807) is 12.1 Å². The van der Waals surface area contributed by atoms with Crippen molar-refractivity contribution < 1.29 is 9.18 Å². The van der Waals surface area contributed by atoms with Crippen molar-refractivity contribution in [1.29, 1.82) is 0 Å². The number of amides is 1. The molecule has 0 spiro atoms. The summed E-state index contributed by atoms with van der Waals surface area (Å²) in [4.78, 5) is 25.3. The SMILES string of the molecule is CC(C)CCNC(=O)CSc1nnc2n(Cc3ccc(F)cc3)c(=O)c3sccc3n12. The third kappa shape index (κ3) is 4.64. The van der Waals surface area contributed by atoms with Crippen LogP contribution in [-0.4, -0.2) is 37.4 Å². The van der Waals surface area contributed by atoms with Gasteiger partial charge >= 0.3 is 0 Å². The lowest BCUT2D eigenvalue weighted by Crippen LogP contribution is -2.27. The highest BCUT2D eigenvalue weighted by Gasteiger charge is 2.18. The Balaban J connectivity index is 1.64. The Kier molecular flexibility index (Phi) is 6.38. The van der Waals surface area contributed by atoms with Crippen LogP contribution in [0.4, 0.5) is 4.39 Å². The lowest BCUT2D eigenvalue weighted by atomic mass is 10.1. The molecule has 0 atom stereocenters. The second-order valence-electron chi connectivity index (χ2n) is 7.59. The highest BCUT2D eigenvalue weighted by molar-refractivity contribution is 7.99. The number of carbonyl (C=O) groups is 1. The molecule has 0 saturated carbocycles. The number of aromatic nitrogens is 4. The van der Waals surface area contributed by atoms with Crippen LogP contribution in [0.2, 0.25) is 0 Å². The van der Waals surface area contributed by atoms with E-state index in [2.05, 4.69) is 29.4 Å². The molecular formula is C21H22FN5O2S2. The molecule has 4 aromatic rings. The number of thioether (sulfide) groups is 1. The van der Waals surface area contributed by atoms with Crippen LogP contribution in [0.15, 0.2) is 45.7 Å². The molecule has 10 heteroatoms. The summed E-state index contributed by atoms with van der Waals surface area (Å²) in [5.74, 6) is 0.731. The van der Waals surface area contributed by atoms with Crippen molar-refractivity contribution in [2.24, 2.45) is 5.92 Å². The largest absolute Gasteiger partial charge is 0.355 e. The smallest absolute Gasteiger partial charge is 0.273 e. The van der Waals surface area contributed by atoms with Crippen molar-refractivity contribution in [3.63, 3.8) is 0 Å². The summed E-state index contributed by atoms with van der Waals surface area (Å²) in [6, 6.07) is 7.87. The van der Waals surface area contributed by atoms with Crippen LogP contribution < -0.4 is 10.9 Å². The third-order valence-corrected chi connectivity index (χ3v) is 6.63. The van der Waals surface area contributed by atoms with E-state index in [4.69, 9.17) is 0 Å². The summed E-state index contributed by atoms with van der Waals surface area (Å²) in [5.41, 5.74) is 1.33. The van der Waals surface area contributed by atoms with Crippen LogP contribution in [-0.2, 0) is 11.3 Å². The van der Waals surface area contributed by atoms with Gasteiger partial charge in [0.2, 0.25) is 11.7 Å². The molecule has 0 saturated heterocycles. The Morgan fingerprint density at radius 1 is 1.23 bits per heavy atom. The summed E-state index contributed by atoms with van der Waals surface area (Å²) in [5, 5.41) is 13.8. The van der Waals surface area contributed by atoms with Gasteiger partial charge in [-0.3, -0.25) is 18.6 Å². The van der Waals surface area contributed by atoms with Crippen LogP contribution in [0.5, 0.6) is 0 Å². The maximum atomic E-state index is 13.3. The fraction of sp³-hybridized carbons (Fsp3) is 0.333. The van der Waals surface area contributed by atoms with E-state index >= 15 is 0 Å².